The largest absolute Gasteiger partial charge is 0.394 e. The van der Waals surface area contributed by atoms with Gasteiger partial charge in [0.15, 0.2) is 0 Å². The minimum absolute atomic E-state index is 0.0819. The zero-order valence-electron chi connectivity index (χ0n) is 11.6. The van der Waals surface area contributed by atoms with E-state index in [1.54, 1.807) is 11.3 Å². The monoisotopic (exact) mass is 255 g/mol. The Labute approximate surface area is 109 Å². The minimum atomic E-state index is 0.0819. The molecule has 2 N–H and O–H groups in total. The molecule has 1 aromatic heterocycles. The van der Waals surface area contributed by atoms with Crippen LogP contribution >= 0.6 is 11.3 Å². The lowest BCUT2D eigenvalue weighted by Crippen LogP contribution is -2.27. The summed E-state index contributed by atoms with van der Waals surface area (Å²) in [6, 6.07) is 4.40. The van der Waals surface area contributed by atoms with Crippen LogP contribution in [0, 0.1) is 5.92 Å². The van der Waals surface area contributed by atoms with Gasteiger partial charge in [-0.3, -0.25) is 0 Å². The normalized spacial score (nSPS) is 14.3. The summed E-state index contributed by atoms with van der Waals surface area (Å²) >= 11 is 1.80. The molecule has 3 heteroatoms. The highest BCUT2D eigenvalue weighted by atomic mass is 32.1. The first-order chi connectivity index (χ1) is 7.84. The van der Waals surface area contributed by atoms with E-state index in [4.69, 9.17) is 0 Å². The van der Waals surface area contributed by atoms with E-state index in [0.29, 0.717) is 5.92 Å². The molecule has 0 aliphatic heterocycles. The van der Waals surface area contributed by atoms with E-state index >= 15 is 0 Å². The third kappa shape index (κ3) is 4.41. The van der Waals surface area contributed by atoms with Crippen LogP contribution < -0.4 is 5.32 Å². The van der Waals surface area contributed by atoms with E-state index < -0.39 is 0 Å². The van der Waals surface area contributed by atoms with E-state index in [1.807, 2.05) is 0 Å². The Kier molecular flexibility index (Phi) is 5.17. The zero-order chi connectivity index (χ0) is 13.1. The van der Waals surface area contributed by atoms with E-state index in [2.05, 4.69) is 52.1 Å². The maximum absolute atomic E-state index is 9.45. The van der Waals surface area contributed by atoms with E-state index in [9.17, 15) is 5.11 Å². The summed E-state index contributed by atoms with van der Waals surface area (Å²) in [5.74, 6) is 0.603. The molecule has 0 spiro atoms. The molecule has 1 unspecified atom stereocenters. The minimum Gasteiger partial charge on any atom is -0.394 e. The fourth-order valence-electron chi connectivity index (χ4n) is 1.58. The van der Waals surface area contributed by atoms with Crippen LogP contribution in [0.25, 0.3) is 0 Å². The van der Waals surface area contributed by atoms with Gasteiger partial charge in [0, 0.05) is 9.75 Å². The highest BCUT2D eigenvalue weighted by molar-refractivity contribution is 7.12. The van der Waals surface area contributed by atoms with Crippen LogP contribution in [0.5, 0.6) is 0 Å². The predicted molar refractivity (Wildman–Crippen MR) is 75.7 cm³/mol. The van der Waals surface area contributed by atoms with Gasteiger partial charge in [-0.15, -0.1) is 11.3 Å². The van der Waals surface area contributed by atoms with Crippen molar-refractivity contribution in [3.05, 3.63) is 21.9 Å². The molecule has 0 saturated carbocycles. The molecule has 2 nitrogen and oxygen atoms in total. The van der Waals surface area contributed by atoms with Crippen molar-refractivity contribution < 1.29 is 5.11 Å². The van der Waals surface area contributed by atoms with Gasteiger partial charge in [0.25, 0.3) is 0 Å². The molecule has 0 bridgehead atoms. The molecule has 1 atom stereocenters. The van der Waals surface area contributed by atoms with Gasteiger partial charge in [0.1, 0.15) is 0 Å². The molecular formula is C14H25NOS. The van der Waals surface area contributed by atoms with Crippen LogP contribution in [0.15, 0.2) is 12.1 Å². The first-order valence-electron chi connectivity index (χ1n) is 6.29. The first-order valence-corrected chi connectivity index (χ1v) is 7.10. The summed E-state index contributed by atoms with van der Waals surface area (Å²) in [7, 11) is 0. The lowest BCUT2D eigenvalue weighted by molar-refractivity contribution is 0.243. The SMILES string of the molecule is CC(C)CNC(CO)c1ccc(C(C)(C)C)s1. The molecule has 17 heavy (non-hydrogen) atoms. The van der Waals surface area contributed by atoms with Crippen molar-refractivity contribution in [1.29, 1.82) is 0 Å². The lowest BCUT2D eigenvalue weighted by Gasteiger charge is -2.18. The number of aliphatic hydroxyl groups is 1. The maximum atomic E-state index is 9.45. The van der Waals surface area contributed by atoms with Crippen molar-refractivity contribution in [1.82, 2.24) is 5.32 Å². The van der Waals surface area contributed by atoms with Gasteiger partial charge in [-0.1, -0.05) is 34.6 Å². The number of nitrogens with one attached hydrogen (secondary N) is 1. The molecule has 0 aromatic carbocycles. The number of rotatable bonds is 5. The molecule has 0 amide bonds. The molecule has 98 valence electrons. The van der Waals surface area contributed by atoms with Crippen LogP contribution in [-0.4, -0.2) is 18.3 Å². The van der Waals surface area contributed by atoms with E-state index in [0.717, 1.165) is 6.54 Å². The fourth-order valence-corrected chi connectivity index (χ4v) is 2.71. The maximum Gasteiger partial charge on any atom is 0.0649 e. The first kappa shape index (κ1) is 14.7. The van der Waals surface area contributed by atoms with Crippen LogP contribution in [0.2, 0.25) is 0 Å². The Morgan fingerprint density at radius 2 is 1.94 bits per heavy atom. The van der Waals surface area contributed by atoms with Crippen molar-refractivity contribution in [2.45, 2.75) is 46.1 Å². The quantitative estimate of drug-likeness (QED) is 0.846. The van der Waals surface area contributed by atoms with Gasteiger partial charge in [-0.05, 0) is 30.0 Å². The highest BCUT2D eigenvalue weighted by Gasteiger charge is 2.19. The van der Waals surface area contributed by atoms with Crippen LogP contribution in [0.1, 0.15) is 50.4 Å². The second-order valence-corrected chi connectivity index (χ2v) is 7.10. The molecule has 0 fully saturated rings. The highest BCUT2D eigenvalue weighted by Crippen LogP contribution is 2.32. The average molecular weight is 255 g/mol. The van der Waals surface area contributed by atoms with Crippen molar-refractivity contribution in [2.24, 2.45) is 5.92 Å². The predicted octanol–water partition coefficient (Wildman–Crippen LogP) is 3.32. The molecule has 1 heterocycles. The standard InChI is InChI=1S/C14H25NOS/c1-10(2)8-15-11(9-16)12-6-7-13(17-12)14(3,4)5/h6-7,10-11,15-16H,8-9H2,1-5H3. The summed E-state index contributed by atoms with van der Waals surface area (Å²) in [6.45, 7) is 12.1. The lowest BCUT2D eigenvalue weighted by atomic mass is 9.95. The topological polar surface area (TPSA) is 32.3 Å². The molecule has 0 aliphatic carbocycles. The zero-order valence-corrected chi connectivity index (χ0v) is 12.4. The van der Waals surface area contributed by atoms with Crippen molar-refractivity contribution in [3.63, 3.8) is 0 Å². The van der Waals surface area contributed by atoms with Gasteiger partial charge in [0.05, 0.1) is 12.6 Å². The number of thiophene rings is 1. The van der Waals surface area contributed by atoms with Crippen molar-refractivity contribution in [2.75, 3.05) is 13.2 Å². The number of hydrogen-bond donors (Lipinski definition) is 2. The van der Waals surface area contributed by atoms with E-state index in [1.165, 1.54) is 9.75 Å². The number of hydrogen-bond acceptors (Lipinski definition) is 3. The van der Waals surface area contributed by atoms with Gasteiger partial charge < -0.3 is 10.4 Å². The molecular weight excluding hydrogens is 230 g/mol. The van der Waals surface area contributed by atoms with Crippen molar-refractivity contribution >= 4 is 11.3 Å². The third-order valence-electron chi connectivity index (χ3n) is 2.66. The summed E-state index contributed by atoms with van der Waals surface area (Å²) in [5.41, 5.74) is 0.195. The summed E-state index contributed by atoms with van der Waals surface area (Å²) < 4.78 is 0. The van der Waals surface area contributed by atoms with Crippen LogP contribution in [0.3, 0.4) is 0 Å². The smallest absolute Gasteiger partial charge is 0.0649 e. The Balaban J connectivity index is 2.72. The Morgan fingerprint density at radius 1 is 1.29 bits per heavy atom. The van der Waals surface area contributed by atoms with Crippen molar-refractivity contribution in [3.8, 4) is 0 Å². The third-order valence-corrected chi connectivity index (χ3v) is 4.29. The molecule has 1 rings (SSSR count). The second kappa shape index (κ2) is 5.98. The van der Waals surface area contributed by atoms with Gasteiger partial charge in [0.2, 0.25) is 0 Å². The van der Waals surface area contributed by atoms with Gasteiger partial charge >= 0.3 is 0 Å². The molecule has 0 aliphatic rings. The second-order valence-electron chi connectivity index (χ2n) is 5.99. The Morgan fingerprint density at radius 3 is 2.35 bits per heavy atom. The molecule has 1 aromatic rings. The van der Waals surface area contributed by atoms with Crippen LogP contribution in [-0.2, 0) is 5.41 Å². The fraction of sp³-hybridized carbons (Fsp3) is 0.714. The number of aliphatic hydroxyl groups excluding tert-OH is 1. The Hall–Kier alpha value is -0.380. The molecule has 0 saturated heterocycles. The summed E-state index contributed by atoms with van der Waals surface area (Å²) in [6.07, 6.45) is 0. The van der Waals surface area contributed by atoms with E-state index in [-0.39, 0.29) is 18.1 Å². The Bertz CT molecular complexity index is 338. The molecule has 0 radical (unpaired) electrons. The average Bonchev–Trinajstić information content (AvgIpc) is 2.67. The van der Waals surface area contributed by atoms with Gasteiger partial charge in [-0.2, -0.15) is 0 Å². The summed E-state index contributed by atoms with van der Waals surface area (Å²) in [4.78, 5) is 2.61. The summed E-state index contributed by atoms with van der Waals surface area (Å²) in [5, 5.41) is 12.9. The van der Waals surface area contributed by atoms with Crippen LogP contribution in [0.4, 0.5) is 0 Å². The van der Waals surface area contributed by atoms with Gasteiger partial charge in [-0.25, -0.2) is 0 Å².